The normalized spacial score (nSPS) is 24.2. The number of piperidine rings is 1. The van der Waals surface area contributed by atoms with Gasteiger partial charge < -0.3 is 15.4 Å². The largest absolute Gasteiger partial charge is 0.380 e. The lowest BCUT2D eigenvalue weighted by atomic mass is 9.93. The molecule has 0 radical (unpaired) electrons. The van der Waals surface area contributed by atoms with Crippen molar-refractivity contribution in [2.24, 2.45) is 5.92 Å². The fourth-order valence-corrected chi connectivity index (χ4v) is 3.10. The molecule has 2 N–H and O–H groups in total. The summed E-state index contributed by atoms with van der Waals surface area (Å²) < 4.78 is 5.50. The number of aryl methyl sites for hydroxylation is 1. The van der Waals surface area contributed by atoms with Crippen molar-refractivity contribution in [2.45, 2.75) is 51.8 Å². The molecule has 21 heavy (non-hydrogen) atoms. The van der Waals surface area contributed by atoms with Crippen LogP contribution in [0.15, 0.2) is 24.3 Å². The Labute approximate surface area is 129 Å². The lowest BCUT2D eigenvalue weighted by molar-refractivity contribution is 0.0660. The van der Waals surface area contributed by atoms with Crippen LogP contribution in [0.3, 0.4) is 0 Å². The Hall–Kier alpha value is -0.900. The Morgan fingerprint density at radius 2 is 1.95 bits per heavy atom. The number of methoxy groups -OCH3 is 1. The topological polar surface area (TPSA) is 33.3 Å². The van der Waals surface area contributed by atoms with Gasteiger partial charge in [-0.15, -0.1) is 0 Å². The van der Waals surface area contributed by atoms with E-state index < -0.39 is 0 Å². The highest BCUT2D eigenvalue weighted by Crippen LogP contribution is 2.24. The highest BCUT2D eigenvalue weighted by molar-refractivity contribution is 5.25. The molecule has 0 aromatic heterocycles. The van der Waals surface area contributed by atoms with Crippen molar-refractivity contribution in [3.63, 3.8) is 0 Å². The van der Waals surface area contributed by atoms with Crippen molar-refractivity contribution >= 4 is 0 Å². The van der Waals surface area contributed by atoms with Crippen LogP contribution < -0.4 is 10.6 Å². The second kappa shape index (κ2) is 7.92. The number of nitrogens with one attached hydrogen (secondary N) is 2. The van der Waals surface area contributed by atoms with Gasteiger partial charge >= 0.3 is 0 Å². The predicted molar refractivity (Wildman–Crippen MR) is 88.6 cm³/mol. The Balaban J connectivity index is 2.04. The summed E-state index contributed by atoms with van der Waals surface area (Å²) >= 11 is 0. The van der Waals surface area contributed by atoms with Crippen LogP contribution in [0.2, 0.25) is 0 Å². The molecule has 1 aliphatic rings. The highest BCUT2D eigenvalue weighted by Gasteiger charge is 2.25. The van der Waals surface area contributed by atoms with Gasteiger partial charge in [0.15, 0.2) is 0 Å². The molecule has 1 aliphatic heterocycles. The van der Waals surface area contributed by atoms with Crippen LogP contribution in [0, 0.1) is 5.92 Å². The maximum absolute atomic E-state index is 5.50. The fourth-order valence-electron chi connectivity index (χ4n) is 3.10. The van der Waals surface area contributed by atoms with E-state index in [2.05, 4.69) is 55.7 Å². The Kier molecular flexibility index (Phi) is 6.22. The quantitative estimate of drug-likeness (QED) is 0.845. The molecule has 118 valence electrons. The maximum atomic E-state index is 5.50. The first-order valence-electron chi connectivity index (χ1n) is 8.22. The summed E-state index contributed by atoms with van der Waals surface area (Å²) in [5.41, 5.74) is 2.79. The van der Waals surface area contributed by atoms with Crippen molar-refractivity contribution in [1.29, 1.82) is 0 Å². The van der Waals surface area contributed by atoms with Gasteiger partial charge in [-0.3, -0.25) is 0 Å². The molecule has 3 heteroatoms. The summed E-state index contributed by atoms with van der Waals surface area (Å²) in [4.78, 5) is 0. The summed E-state index contributed by atoms with van der Waals surface area (Å²) in [6.45, 7) is 8.76. The number of ether oxygens (including phenoxy) is 1. The SMILES string of the molecule is CCc1ccc(C(N[C@@H]2CNC[C@@H](OC)C2)C(C)C)cc1. The van der Waals surface area contributed by atoms with E-state index in [1.165, 1.54) is 11.1 Å². The van der Waals surface area contributed by atoms with Gasteiger partial charge in [0.1, 0.15) is 0 Å². The second-order valence-electron chi connectivity index (χ2n) is 6.43. The van der Waals surface area contributed by atoms with Crippen molar-refractivity contribution in [2.75, 3.05) is 20.2 Å². The minimum Gasteiger partial charge on any atom is -0.380 e. The third kappa shape index (κ3) is 4.53. The standard InChI is InChI=1S/C18H30N2O/c1-5-14-6-8-15(9-7-14)18(13(2)3)20-16-10-17(21-4)12-19-11-16/h6-9,13,16-20H,5,10-12H2,1-4H3/t16-,17-,18?/m0/s1. The van der Waals surface area contributed by atoms with E-state index in [0.29, 0.717) is 24.1 Å². The number of rotatable bonds is 6. The van der Waals surface area contributed by atoms with E-state index in [1.54, 1.807) is 7.11 Å². The number of hydrogen-bond acceptors (Lipinski definition) is 3. The molecule has 1 fully saturated rings. The first kappa shape index (κ1) is 16.5. The van der Waals surface area contributed by atoms with Crippen LogP contribution in [-0.4, -0.2) is 32.3 Å². The van der Waals surface area contributed by atoms with E-state index in [-0.39, 0.29) is 0 Å². The molecule has 3 nitrogen and oxygen atoms in total. The van der Waals surface area contributed by atoms with Crippen LogP contribution >= 0.6 is 0 Å². The van der Waals surface area contributed by atoms with Gasteiger partial charge in [0.05, 0.1) is 6.10 Å². The first-order valence-corrected chi connectivity index (χ1v) is 8.22. The lowest BCUT2D eigenvalue weighted by Crippen LogP contribution is -2.51. The zero-order chi connectivity index (χ0) is 15.2. The molecular formula is C18H30N2O. The van der Waals surface area contributed by atoms with Crippen molar-refractivity contribution in [3.8, 4) is 0 Å². The third-order valence-corrected chi connectivity index (χ3v) is 4.47. The Bertz CT molecular complexity index is 416. The average Bonchev–Trinajstić information content (AvgIpc) is 2.52. The third-order valence-electron chi connectivity index (χ3n) is 4.47. The summed E-state index contributed by atoms with van der Waals surface area (Å²) in [5.74, 6) is 0.570. The minimum atomic E-state index is 0.325. The Morgan fingerprint density at radius 3 is 2.52 bits per heavy atom. The number of hydrogen-bond donors (Lipinski definition) is 2. The summed E-state index contributed by atoms with van der Waals surface area (Å²) in [6, 6.07) is 9.94. The first-order chi connectivity index (χ1) is 10.1. The summed E-state index contributed by atoms with van der Waals surface area (Å²) in [7, 11) is 1.80. The molecule has 0 saturated carbocycles. The molecule has 0 aliphatic carbocycles. The van der Waals surface area contributed by atoms with Crippen molar-refractivity contribution in [3.05, 3.63) is 35.4 Å². The molecular weight excluding hydrogens is 260 g/mol. The fraction of sp³-hybridized carbons (Fsp3) is 0.667. The molecule has 1 saturated heterocycles. The number of benzene rings is 1. The second-order valence-corrected chi connectivity index (χ2v) is 6.43. The molecule has 2 rings (SSSR count). The highest BCUT2D eigenvalue weighted by atomic mass is 16.5. The van der Waals surface area contributed by atoms with Gasteiger partial charge in [0, 0.05) is 32.3 Å². The molecule has 1 unspecified atom stereocenters. The zero-order valence-electron chi connectivity index (χ0n) is 13.9. The average molecular weight is 290 g/mol. The van der Waals surface area contributed by atoms with Gasteiger partial charge in [-0.25, -0.2) is 0 Å². The smallest absolute Gasteiger partial charge is 0.0711 e. The van der Waals surface area contributed by atoms with E-state index in [4.69, 9.17) is 4.74 Å². The predicted octanol–water partition coefficient (Wildman–Crippen LogP) is 2.91. The Morgan fingerprint density at radius 1 is 1.24 bits per heavy atom. The van der Waals surface area contributed by atoms with Gasteiger partial charge in [-0.05, 0) is 29.9 Å². The van der Waals surface area contributed by atoms with Gasteiger partial charge in [-0.2, -0.15) is 0 Å². The molecule has 3 atom stereocenters. The summed E-state index contributed by atoms with van der Waals surface area (Å²) in [5, 5.41) is 7.29. The molecule has 0 bridgehead atoms. The van der Waals surface area contributed by atoms with Crippen LogP contribution in [0.5, 0.6) is 0 Å². The minimum absolute atomic E-state index is 0.325. The molecule has 1 heterocycles. The molecule has 1 aromatic rings. The van der Waals surface area contributed by atoms with Crippen LogP contribution in [-0.2, 0) is 11.2 Å². The molecule has 0 amide bonds. The van der Waals surface area contributed by atoms with E-state index in [9.17, 15) is 0 Å². The monoisotopic (exact) mass is 290 g/mol. The molecule has 0 spiro atoms. The van der Waals surface area contributed by atoms with Gasteiger partial charge in [0.25, 0.3) is 0 Å². The lowest BCUT2D eigenvalue weighted by Gasteiger charge is -2.34. The summed E-state index contributed by atoms with van der Waals surface area (Å²) in [6.07, 6.45) is 2.51. The van der Waals surface area contributed by atoms with Crippen LogP contribution in [0.4, 0.5) is 0 Å². The molecule has 1 aromatic carbocycles. The van der Waals surface area contributed by atoms with E-state index >= 15 is 0 Å². The zero-order valence-corrected chi connectivity index (χ0v) is 13.9. The van der Waals surface area contributed by atoms with E-state index in [1.807, 2.05) is 0 Å². The van der Waals surface area contributed by atoms with Crippen LogP contribution in [0.1, 0.15) is 44.4 Å². The van der Waals surface area contributed by atoms with Crippen molar-refractivity contribution in [1.82, 2.24) is 10.6 Å². The van der Waals surface area contributed by atoms with Crippen molar-refractivity contribution < 1.29 is 4.74 Å². The van der Waals surface area contributed by atoms with Gasteiger partial charge in [-0.1, -0.05) is 45.0 Å². The van der Waals surface area contributed by atoms with Crippen LogP contribution in [0.25, 0.3) is 0 Å². The van der Waals surface area contributed by atoms with Gasteiger partial charge in [0.2, 0.25) is 0 Å². The maximum Gasteiger partial charge on any atom is 0.0711 e. The van der Waals surface area contributed by atoms with E-state index in [0.717, 1.165) is 25.9 Å².